The Morgan fingerprint density at radius 2 is 2.19 bits per heavy atom. The topological polar surface area (TPSA) is 92.8 Å². The van der Waals surface area contributed by atoms with E-state index in [4.69, 9.17) is 4.74 Å². The van der Waals surface area contributed by atoms with E-state index in [0.717, 1.165) is 5.56 Å². The molecule has 2 aromatic rings. The van der Waals surface area contributed by atoms with Gasteiger partial charge in [-0.3, -0.25) is 9.89 Å². The van der Waals surface area contributed by atoms with Gasteiger partial charge < -0.3 is 10.1 Å². The van der Waals surface area contributed by atoms with E-state index in [9.17, 15) is 4.79 Å². The monoisotopic (exact) mass is 289 g/mol. The molecule has 2 N–H and O–H groups in total. The smallest absolute Gasteiger partial charge is 0.291 e. The number of H-pyrrole nitrogens is 1. The third kappa shape index (κ3) is 3.56. The van der Waals surface area contributed by atoms with E-state index in [-0.39, 0.29) is 17.1 Å². The van der Waals surface area contributed by atoms with Crippen molar-refractivity contribution in [1.29, 1.82) is 0 Å². The van der Waals surface area contributed by atoms with Gasteiger partial charge in [-0.2, -0.15) is 0 Å². The van der Waals surface area contributed by atoms with E-state index < -0.39 is 0 Å². The molecule has 2 aromatic heterocycles. The summed E-state index contributed by atoms with van der Waals surface area (Å²) in [7, 11) is 1.54. The summed E-state index contributed by atoms with van der Waals surface area (Å²) in [5.74, 6) is 0.949. The highest BCUT2D eigenvalue weighted by Crippen LogP contribution is 2.17. The average Bonchev–Trinajstić information content (AvgIpc) is 2.95. The summed E-state index contributed by atoms with van der Waals surface area (Å²) < 4.78 is 5.13. The molecule has 0 spiro atoms. The quantitative estimate of drug-likeness (QED) is 0.888. The largest absolute Gasteiger partial charge is 0.481 e. The number of pyridine rings is 1. The van der Waals surface area contributed by atoms with Crippen molar-refractivity contribution in [3.8, 4) is 5.88 Å². The average molecular weight is 289 g/mol. The Morgan fingerprint density at radius 3 is 2.81 bits per heavy atom. The molecule has 0 aromatic carbocycles. The summed E-state index contributed by atoms with van der Waals surface area (Å²) in [5, 5.41) is 9.48. The molecule has 1 amide bonds. The van der Waals surface area contributed by atoms with Crippen molar-refractivity contribution in [3.63, 3.8) is 0 Å². The zero-order valence-corrected chi connectivity index (χ0v) is 12.6. The lowest BCUT2D eigenvalue weighted by Crippen LogP contribution is -2.24. The lowest BCUT2D eigenvalue weighted by atomic mass is 9.96. The third-order valence-electron chi connectivity index (χ3n) is 2.88. The number of amides is 1. The Labute approximate surface area is 123 Å². The Hall–Kier alpha value is -2.44. The molecular formula is C14H19N5O2. The minimum atomic E-state index is -0.340. The molecule has 7 heteroatoms. The van der Waals surface area contributed by atoms with Gasteiger partial charge in [0, 0.05) is 23.7 Å². The standard InChI is InChI=1S/C14H19N5O2/c1-14(2,3)13-17-10(18-19-13)11(20)16-8-9-6-5-7-15-12(9)21-4/h5-7H,8H2,1-4H3,(H,16,20)(H,17,18,19). The van der Waals surface area contributed by atoms with Crippen molar-refractivity contribution in [2.75, 3.05) is 7.11 Å². The van der Waals surface area contributed by atoms with Crippen molar-refractivity contribution in [2.45, 2.75) is 32.7 Å². The van der Waals surface area contributed by atoms with Crippen molar-refractivity contribution < 1.29 is 9.53 Å². The summed E-state index contributed by atoms with van der Waals surface area (Å²) in [4.78, 5) is 20.3. The van der Waals surface area contributed by atoms with Gasteiger partial charge in [0.25, 0.3) is 5.91 Å². The molecule has 0 unspecified atom stereocenters. The molecule has 2 rings (SSSR count). The van der Waals surface area contributed by atoms with Crippen LogP contribution in [0.3, 0.4) is 0 Å². The van der Waals surface area contributed by atoms with Crippen molar-refractivity contribution in [2.24, 2.45) is 0 Å². The van der Waals surface area contributed by atoms with Gasteiger partial charge in [0.05, 0.1) is 7.11 Å². The second kappa shape index (κ2) is 5.90. The second-order valence-corrected chi connectivity index (χ2v) is 5.61. The van der Waals surface area contributed by atoms with E-state index in [1.165, 1.54) is 0 Å². The van der Waals surface area contributed by atoms with Gasteiger partial charge >= 0.3 is 0 Å². The molecule has 7 nitrogen and oxygen atoms in total. The fraction of sp³-hybridized carbons (Fsp3) is 0.429. The summed E-state index contributed by atoms with van der Waals surface area (Å²) in [5.41, 5.74) is 0.609. The molecule has 112 valence electrons. The molecule has 0 bridgehead atoms. The molecule has 0 saturated heterocycles. The maximum absolute atomic E-state index is 12.0. The van der Waals surface area contributed by atoms with Crippen LogP contribution in [0.1, 0.15) is 42.8 Å². The van der Waals surface area contributed by atoms with E-state index in [1.54, 1.807) is 19.4 Å². The first-order valence-electron chi connectivity index (χ1n) is 6.61. The van der Waals surface area contributed by atoms with E-state index in [1.807, 2.05) is 26.8 Å². The zero-order chi connectivity index (χ0) is 15.5. The van der Waals surface area contributed by atoms with Crippen LogP contribution in [0.25, 0.3) is 0 Å². The fourth-order valence-corrected chi connectivity index (χ4v) is 1.70. The lowest BCUT2D eigenvalue weighted by Gasteiger charge is -2.12. The normalized spacial score (nSPS) is 11.2. The van der Waals surface area contributed by atoms with Crippen LogP contribution in [0.15, 0.2) is 18.3 Å². The highest BCUT2D eigenvalue weighted by molar-refractivity contribution is 5.90. The Balaban J connectivity index is 2.03. The maximum atomic E-state index is 12.0. The van der Waals surface area contributed by atoms with Crippen molar-refractivity contribution in [3.05, 3.63) is 35.5 Å². The first-order chi connectivity index (χ1) is 9.91. The molecule has 0 aliphatic heterocycles. The lowest BCUT2D eigenvalue weighted by molar-refractivity contribution is 0.0940. The minimum Gasteiger partial charge on any atom is -0.481 e. The molecule has 21 heavy (non-hydrogen) atoms. The summed E-state index contributed by atoms with van der Waals surface area (Å²) >= 11 is 0. The number of carbonyl (C=O) groups excluding carboxylic acids is 1. The summed E-state index contributed by atoms with van der Waals surface area (Å²) in [6.07, 6.45) is 1.63. The fourth-order valence-electron chi connectivity index (χ4n) is 1.70. The zero-order valence-electron chi connectivity index (χ0n) is 12.6. The van der Waals surface area contributed by atoms with Crippen LogP contribution >= 0.6 is 0 Å². The van der Waals surface area contributed by atoms with Gasteiger partial charge in [0.15, 0.2) is 0 Å². The Bertz CT molecular complexity index is 630. The molecule has 0 aliphatic carbocycles. The van der Waals surface area contributed by atoms with Crippen LogP contribution in [0.4, 0.5) is 0 Å². The molecular weight excluding hydrogens is 270 g/mol. The minimum absolute atomic E-state index is 0.128. The molecule has 0 atom stereocenters. The number of nitrogens with one attached hydrogen (secondary N) is 2. The summed E-state index contributed by atoms with van der Waals surface area (Å²) in [6, 6.07) is 3.62. The van der Waals surface area contributed by atoms with E-state index in [2.05, 4.69) is 25.5 Å². The first kappa shape index (κ1) is 15.0. The Morgan fingerprint density at radius 1 is 1.43 bits per heavy atom. The number of carbonyl (C=O) groups is 1. The summed E-state index contributed by atoms with van der Waals surface area (Å²) in [6.45, 7) is 6.29. The molecule has 0 aliphatic rings. The SMILES string of the molecule is COc1ncccc1CNC(=O)c1n[nH]c(C(C)(C)C)n1. The number of ether oxygens (including phenoxy) is 1. The number of rotatable bonds is 4. The predicted molar refractivity (Wildman–Crippen MR) is 77.0 cm³/mol. The number of nitrogens with zero attached hydrogens (tertiary/aromatic N) is 3. The van der Waals surface area contributed by atoms with Crippen molar-refractivity contribution in [1.82, 2.24) is 25.5 Å². The molecule has 2 heterocycles. The first-order valence-corrected chi connectivity index (χ1v) is 6.61. The third-order valence-corrected chi connectivity index (χ3v) is 2.88. The van der Waals surface area contributed by atoms with Crippen LogP contribution in [-0.4, -0.2) is 33.2 Å². The number of methoxy groups -OCH3 is 1. The van der Waals surface area contributed by atoms with Crippen molar-refractivity contribution >= 4 is 5.91 Å². The van der Waals surface area contributed by atoms with Crippen LogP contribution in [0.5, 0.6) is 5.88 Å². The van der Waals surface area contributed by atoms with Gasteiger partial charge in [0.2, 0.25) is 11.7 Å². The second-order valence-electron chi connectivity index (χ2n) is 5.61. The van der Waals surface area contributed by atoms with Gasteiger partial charge in [-0.15, -0.1) is 5.10 Å². The van der Waals surface area contributed by atoms with Gasteiger partial charge in [-0.1, -0.05) is 26.8 Å². The van der Waals surface area contributed by atoms with Crippen LogP contribution in [-0.2, 0) is 12.0 Å². The van der Waals surface area contributed by atoms with Crippen LogP contribution in [0, 0.1) is 0 Å². The number of hydrogen-bond donors (Lipinski definition) is 2. The van der Waals surface area contributed by atoms with E-state index >= 15 is 0 Å². The van der Waals surface area contributed by atoms with Gasteiger partial charge in [-0.25, -0.2) is 9.97 Å². The number of aromatic amines is 1. The molecule has 0 radical (unpaired) electrons. The van der Waals surface area contributed by atoms with E-state index in [0.29, 0.717) is 18.2 Å². The molecule has 0 saturated carbocycles. The highest BCUT2D eigenvalue weighted by atomic mass is 16.5. The highest BCUT2D eigenvalue weighted by Gasteiger charge is 2.21. The van der Waals surface area contributed by atoms with Crippen LogP contribution in [0.2, 0.25) is 0 Å². The maximum Gasteiger partial charge on any atom is 0.291 e. The number of hydrogen-bond acceptors (Lipinski definition) is 5. The number of aromatic nitrogens is 4. The predicted octanol–water partition coefficient (Wildman–Crippen LogP) is 1.44. The van der Waals surface area contributed by atoms with Gasteiger partial charge in [0.1, 0.15) is 5.82 Å². The Kier molecular flexibility index (Phi) is 4.21. The molecule has 0 fully saturated rings. The van der Waals surface area contributed by atoms with Crippen LogP contribution < -0.4 is 10.1 Å². The van der Waals surface area contributed by atoms with Gasteiger partial charge in [-0.05, 0) is 6.07 Å².